The quantitative estimate of drug-likeness (QED) is 0.667. The van der Waals surface area contributed by atoms with Crippen molar-refractivity contribution in [1.82, 2.24) is 14.8 Å². The Morgan fingerprint density at radius 1 is 1.17 bits per heavy atom. The Labute approximate surface area is 182 Å². The van der Waals surface area contributed by atoms with E-state index in [-0.39, 0.29) is 23.5 Å². The number of ether oxygens (including phenoxy) is 1. The zero-order chi connectivity index (χ0) is 21.7. The second-order valence-corrected chi connectivity index (χ2v) is 8.72. The Bertz CT molecular complexity index is 923. The minimum Gasteiger partial charge on any atom is -0.450 e. The smallest absolute Gasteiger partial charge is 0.409 e. The normalized spacial score (nSPS) is 15.2. The van der Waals surface area contributed by atoms with Crippen LogP contribution in [0.5, 0.6) is 0 Å². The number of piperazine rings is 1. The molecule has 1 atom stereocenters. The second kappa shape index (κ2) is 10.1. The third kappa shape index (κ3) is 5.60. The molecule has 8 nitrogen and oxygen atoms in total. The summed E-state index contributed by atoms with van der Waals surface area (Å²) in [7, 11) is -1.42. The molecule has 0 saturated carbocycles. The van der Waals surface area contributed by atoms with Gasteiger partial charge in [0.25, 0.3) is 0 Å². The number of hydrogen-bond donors (Lipinski definition) is 0. The summed E-state index contributed by atoms with van der Waals surface area (Å²) in [5, 5.41) is 0.616. The van der Waals surface area contributed by atoms with Crippen LogP contribution in [0.25, 0.3) is 11.5 Å². The van der Waals surface area contributed by atoms with Crippen molar-refractivity contribution in [2.24, 2.45) is 0 Å². The van der Waals surface area contributed by atoms with Gasteiger partial charge in [-0.3, -0.25) is 9.00 Å². The van der Waals surface area contributed by atoms with Crippen molar-refractivity contribution in [2.45, 2.75) is 19.6 Å². The number of amides is 2. The molecule has 0 radical (unpaired) electrons. The fraction of sp³-hybridized carbons (Fsp3) is 0.450. The van der Waals surface area contributed by atoms with E-state index in [4.69, 9.17) is 20.8 Å². The van der Waals surface area contributed by atoms with E-state index >= 15 is 0 Å². The standard InChI is InChI=1S/C20H24ClN3O5S/c1-3-28-20(26)24-10-8-23(9-11-24)18(25)13-30(27)12-17-14(2)29-19(22-17)15-4-6-16(21)7-5-15/h4-7H,3,8-13H2,1-2H3/t30-/m1/s1. The van der Waals surface area contributed by atoms with Crippen LogP contribution in [0.1, 0.15) is 18.4 Å². The minimum atomic E-state index is -1.42. The van der Waals surface area contributed by atoms with E-state index in [2.05, 4.69) is 4.98 Å². The lowest BCUT2D eigenvalue weighted by atomic mass is 10.2. The van der Waals surface area contributed by atoms with Crippen molar-refractivity contribution in [3.05, 3.63) is 40.7 Å². The first kappa shape index (κ1) is 22.3. The van der Waals surface area contributed by atoms with Crippen LogP contribution in [0.2, 0.25) is 5.02 Å². The molecule has 10 heteroatoms. The number of nitrogens with zero attached hydrogens (tertiary/aromatic N) is 3. The largest absolute Gasteiger partial charge is 0.450 e. The molecule has 2 amide bonds. The van der Waals surface area contributed by atoms with E-state index in [0.29, 0.717) is 55.2 Å². The van der Waals surface area contributed by atoms with E-state index in [1.807, 2.05) is 0 Å². The van der Waals surface area contributed by atoms with Crippen LogP contribution in [-0.4, -0.2) is 69.5 Å². The SMILES string of the molecule is CCOC(=O)N1CCN(C(=O)C[S@](=O)Cc2nc(-c3ccc(Cl)cc3)oc2C)CC1. The summed E-state index contributed by atoms with van der Waals surface area (Å²) in [6, 6.07) is 7.09. The first-order valence-electron chi connectivity index (χ1n) is 9.64. The Morgan fingerprint density at radius 2 is 1.80 bits per heavy atom. The summed E-state index contributed by atoms with van der Waals surface area (Å²) >= 11 is 5.90. The lowest BCUT2D eigenvalue weighted by Crippen LogP contribution is -2.51. The molecule has 1 aliphatic heterocycles. The molecule has 0 bridgehead atoms. The highest BCUT2D eigenvalue weighted by Gasteiger charge is 2.26. The summed E-state index contributed by atoms with van der Waals surface area (Å²) < 4.78 is 23.2. The predicted octanol–water partition coefficient (Wildman–Crippen LogP) is 2.85. The van der Waals surface area contributed by atoms with Gasteiger partial charge in [0.05, 0.1) is 18.1 Å². The fourth-order valence-electron chi connectivity index (χ4n) is 3.06. The van der Waals surface area contributed by atoms with Gasteiger partial charge in [0.15, 0.2) is 0 Å². The molecule has 1 saturated heterocycles. The van der Waals surface area contributed by atoms with Crippen molar-refractivity contribution in [3.63, 3.8) is 0 Å². The highest BCUT2D eigenvalue weighted by atomic mass is 35.5. The first-order chi connectivity index (χ1) is 14.4. The number of hydrogen-bond acceptors (Lipinski definition) is 6. The molecule has 162 valence electrons. The van der Waals surface area contributed by atoms with Crippen molar-refractivity contribution in [3.8, 4) is 11.5 Å². The lowest BCUT2D eigenvalue weighted by molar-refractivity contribution is -0.129. The third-order valence-electron chi connectivity index (χ3n) is 4.72. The molecule has 2 aromatic rings. The van der Waals surface area contributed by atoms with Gasteiger partial charge in [-0.15, -0.1) is 0 Å². The van der Waals surface area contributed by atoms with Crippen LogP contribution < -0.4 is 0 Å². The molecule has 1 aliphatic rings. The molecule has 3 rings (SSSR count). The predicted molar refractivity (Wildman–Crippen MR) is 114 cm³/mol. The van der Waals surface area contributed by atoms with Crippen LogP contribution in [0, 0.1) is 6.92 Å². The van der Waals surface area contributed by atoms with Gasteiger partial charge in [0.2, 0.25) is 11.8 Å². The summed E-state index contributed by atoms with van der Waals surface area (Å²) in [5.41, 5.74) is 1.34. The number of aryl methyl sites for hydroxylation is 1. The van der Waals surface area contributed by atoms with Gasteiger partial charge in [0.1, 0.15) is 11.5 Å². The van der Waals surface area contributed by atoms with E-state index in [1.165, 1.54) is 0 Å². The second-order valence-electron chi connectivity index (χ2n) is 6.82. The third-order valence-corrected chi connectivity index (χ3v) is 6.14. The molecule has 30 heavy (non-hydrogen) atoms. The molecule has 1 fully saturated rings. The van der Waals surface area contributed by atoms with Crippen molar-refractivity contribution in [1.29, 1.82) is 0 Å². The van der Waals surface area contributed by atoms with E-state index in [9.17, 15) is 13.8 Å². The maximum absolute atomic E-state index is 12.5. The van der Waals surface area contributed by atoms with Gasteiger partial charge < -0.3 is 19.0 Å². The van der Waals surface area contributed by atoms with Crippen LogP contribution in [-0.2, 0) is 26.1 Å². The summed E-state index contributed by atoms with van der Waals surface area (Å²) in [4.78, 5) is 31.9. The van der Waals surface area contributed by atoms with E-state index in [1.54, 1.807) is 47.9 Å². The number of halogens is 1. The van der Waals surface area contributed by atoms with Crippen LogP contribution in [0.4, 0.5) is 4.79 Å². The van der Waals surface area contributed by atoms with Crippen LogP contribution in [0.15, 0.2) is 28.7 Å². The number of rotatable bonds is 6. The number of carbonyl (C=O) groups excluding carboxylic acids is 2. The minimum absolute atomic E-state index is 0.0953. The van der Waals surface area contributed by atoms with Crippen molar-refractivity contribution < 1.29 is 23.0 Å². The molecule has 0 unspecified atom stereocenters. The van der Waals surface area contributed by atoms with Crippen molar-refractivity contribution in [2.75, 3.05) is 38.5 Å². The molecule has 1 aromatic carbocycles. The molecule has 1 aromatic heterocycles. The zero-order valence-corrected chi connectivity index (χ0v) is 18.5. The Hall–Kier alpha value is -2.39. The molecular formula is C20H24ClN3O5S. The Kier molecular flexibility index (Phi) is 7.49. The fourth-order valence-corrected chi connectivity index (χ4v) is 4.32. The van der Waals surface area contributed by atoms with Gasteiger partial charge in [-0.2, -0.15) is 0 Å². The monoisotopic (exact) mass is 453 g/mol. The van der Waals surface area contributed by atoms with Gasteiger partial charge in [-0.1, -0.05) is 11.6 Å². The summed E-state index contributed by atoms with van der Waals surface area (Å²) in [5.74, 6) is 0.844. The Morgan fingerprint density at radius 3 is 2.43 bits per heavy atom. The molecule has 0 N–H and O–H groups in total. The highest BCUT2D eigenvalue weighted by Crippen LogP contribution is 2.24. The summed E-state index contributed by atoms with van der Waals surface area (Å²) in [6.07, 6.45) is -0.369. The number of benzene rings is 1. The number of aromatic nitrogens is 1. The maximum atomic E-state index is 12.5. The number of carbonyl (C=O) groups is 2. The van der Waals surface area contributed by atoms with Gasteiger partial charge in [-0.25, -0.2) is 9.78 Å². The molecular weight excluding hydrogens is 430 g/mol. The number of oxazole rings is 1. The van der Waals surface area contributed by atoms with Gasteiger partial charge >= 0.3 is 6.09 Å². The molecule has 0 aliphatic carbocycles. The molecule has 0 spiro atoms. The van der Waals surface area contributed by atoms with Crippen molar-refractivity contribution >= 4 is 34.4 Å². The van der Waals surface area contributed by atoms with E-state index < -0.39 is 10.8 Å². The van der Waals surface area contributed by atoms with E-state index in [0.717, 1.165) is 5.56 Å². The summed E-state index contributed by atoms with van der Waals surface area (Å²) in [6.45, 7) is 5.45. The lowest BCUT2D eigenvalue weighted by Gasteiger charge is -2.34. The average Bonchev–Trinajstić information content (AvgIpc) is 3.08. The van der Waals surface area contributed by atoms with Crippen LogP contribution >= 0.6 is 11.6 Å². The average molecular weight is 454 g/mol. The molecule has 2 heterocycles. The highest BCUT2D eigenvalue weighted by molar-refractivity contribution is 7.84. The Balaban J connectivity index is 1.53. The van der Waals surface area contributed by atoms with Gasteiger partial charge in [-0.05, 0) is 38.1 Å². The maximum Gasteiger partial charge on any atom is 0.409 e. The van der Waals surface area contributed by atoms with Gasteiger partial charge in [0, 0.05) is 47.6 Å². The zero-order valence-electron chi connectivity index (χ0n) is 16.9. The topological polar surface area (TPSA) is 93.0 Å². The first-order valence-corrected chi connectivity index (χ1v) is 11.5. The van der Waals surface area contributed by atoms with Crippen LogP contribution in [0.3, 0.4) is 0 Å².